The van der Waals surface area contributed by atoms with Crippen molar-refractivity contribution < 1.29 is 10.2 Å². The number of pyridine rings is 1. The lowest BCUT2D eigenvalue weighted by atomic mass is 10.1. The molecule has 1 aromatic rings. The first-order chi connectivity index (χ1) is 6.55. The smallest absolute Gasteiger partial charge is 0.149 e. The van der Waals surface area contributed by atoms with Crippen molar-refractivity contribution in [2.45, 2.75) is 12.5 Å². The third-order valence-electron chi connectivity index (χ3n) is 1.82. The van der Waals surface area contributed by atoms with Crippen LogP contribution < -0.4 is 11.1 Å². The molecule has 0 bridgehead atoms. The van der Waals surface area contributed by atoms with Gasteiger partial charge in [0, 0.05) is 12.7 Å². The second kappa shape index (κ2) is 4.26. The van der Waals surface area contributed by atoms with E-state index in [1.807, 2.05) is 0 Å². The third kappa shape index (κ3) is 2.86. The van der Waals surface area contributed by atoms with E-state index in [0.717, 1.165) is 0 Å². The van der Waals surface area contributed by atoms with Crippen molar-refractivity contribution in [2.24, 2.45) is 0 Å². The molecule has 0 spiro atoms. The van der Waals surface area contributed by atoms with Gasteiger partial charge in [0.15, 0.2) is 0 Å². The maximum atomic E-state index is 9.49. The monoisotopic (exact) mass is 197 g/mol. The second-order valence-electron chi connectivity index (χ2n) is 3.45. The Morgan fingerprint density at radius 2 is 2.36 bits per heavy atom. The van der Waals surface area contributed by atoms with Gasteiger partial charge in [-0.25, -0.2) is 4.98 Å². The molecule has 78 valence electrons. The maximum absolute atomic E-state index is 9.49. The van der Waals surface area contributed by atoms with Gasteiger partial charge in [-0.3, -0.25) is 0 Å². The number of rotatable bonds is 4. The van der Waals surface area contributed by atoms with E-state index in [-0.39, 0.29) is 13.2 Å². The van der Waals surface area contributed by atoms with Gasteiger partial charge in [0.1, 0.15) is 11.4 Å². The topological polar surface area (TPSA) is 91.4 Å². The molecule has 1 rings (SSSR count). The molecule has 5 nitrogen and oxygen atoms in total. The zero-order valence-electron chi connectivity index (χ0n) is 8.07. The van der Waals surface area contributed by atoms with Crippen LogP contribution in [0.2, 0.25) is 0 Å². The van der Waals surface area contributed by atoms with Crippen LogP contribution in [-0.2, 0) is 0 Å². The van der Waals surface area contributed by atoms with E-state index in [4.69, 9.17) is 10.8 Å². The molecule has 0 saturated heterocycles. The summed E-state index contributed by atoms with van der Waals surface area (Å²) in [5, 5.41) is 21.2. The third-order valence-corrected chi connectivity index (χ3v) is 1.82. The van der Waals surface area contributed by atoms with Crippen LogP contribution in [-0.4, -0.2) is 33.9 Å². The van der Waals surface area contributed by atoms with E-state index in [1.165, 1.54) is 6.92 Å². The minimum atomic E-state index is -1.16. The van der Waals surface area contributed by atoms with Gasteiger partial charge in [-0.1, -0.05) is 0 Å². The molecule has 1 atom stereocenters. The largest absolute Gasteiger partial charge is 0.396 e. The average Bonchev–Trinajstić information content (AvgIpc) is 2.17. The van der Waals surface area contributed by atoms with E-state index in [9.17, 15) is 5.11 Å². The lowest BCUT2D eigenvalue weighted by Crippen LogP contribution is -2.37. The van der Waals surface area contributed by atoms with E-state index >= 15 is 0 Å². The van der Waals surface area contributed by atoms with Crippen molar-refractivity contribution in [1.82, 2.24) is 4.98 Å². The van der Waals surface area contributed by atoms with Gasteiger partial charge in [-0.2, -0.15) is 0 Å². The van der Waals surface area contributed by atoms with Crippen LogP contribution in [0.3, 0.4) is 0 Å². The maximum Gasteiger partial charge on any atom is 0.149 e. The molecule has 5 N–H and O–H groups in total. The molecule has 1 aromatic heterocycles. The molecule has 0 aromatic carbocycles. The fourth-order valence-electron chi connectivity index (χ4n) is 0.895. The summed E-state index contributed by atoms with van der Waals surface area (Å²) in [5.41, 5.74) is 4.97. The van der Waals surface area contributed by atoms with E-state index < -0.39 is 5.60 Å². The fraction of sp³-hybridized carbons (Fsp3) is 0.444. The highest BCUT2D eigenvalue weighted by Gasteiger charge is 2.18. The highest BCUT2D eigenvalue weighted by atomic mass is 16.3. The number of nitrogen functional groups attached to an aromatic ring is 1. The van der Waals surface area contributed by atoms with Crippen molar-refractivity contribution in [3.63, 3.8) is 0 Å². The van der Waals surface area contributed by atoms with Crippen LogP contribution in [0.5, 0.6) is 0 Å². The molecule has 0 aliphatic heterocycles. The van der Waals surface area contributed by atoms with Crippen LogP contribution in [0, 0.1) is 0 Å². The molecule has 0 aliphatic carbocycles. The van der Waals surface area contributed by atoms with Gasteiger partial charge >= 0.3 is 0 Å². The number of hydrogen-bond donors (Lipinski definition) is 4. The SMILES string of the molecule is CC(O)(CO)CNc1ncccc1N. The Labute approximate surface area is 82.6 Å². The summed E-state index contributed by atoms with van der Waals surface area (Å²) in [6.45, 7) is 1.41. The lowest BCUT2D eigenvalue weighted by Gasteiger charge is -2.21. The number of nitrogens with one attached hydrogen (secondary N) is 1. The minimum Gasteiger partial charge on any atom is -0.396 e. The second-order valence-corrected chi connectivity index (χ2v) is 3.45. The highest BCUT2D eigenvalue weighted by molar-refractivity contribution is 5.60. The molecular weight excluding hydrogens is 182 g/mol. The summed E-state index contributed by atoms with van der Waals surface area (Å²) >= 11 is 0. The number of nitrogens with two attached hydrogens (primary N) is 1. The standard InChI is InChI=1S/C9H15N3O2/c1-9(14,6-13)5-12-8-7(10)3-2-4-11-8/h2-4,13-14H,5-6,10H2,1H3,(H,11,12). The summed E-state index contributed by atoms with van der Waals surface area (Å²) in [5.74, 6) is 0.515. The first-order valence-corrected chi connectivity index (χ1v) is 4.33. The Hall–Kier alpha value is -1.33. The molecule has 1 heterocycles. The number of aliphatic hydroxyl groups is 2. The summed E-state index contributed by atoms with van der Waals surface area (Å²) in [6, 6.07) is 3.44. The Bertz CT molecular complexity index is 302. The number of nitrogens with zero attached hydrogens (tertiary/aromatic N) is 1. The van der Waals surface area contributed by atoms with Gasteiger partial charge in [-0.15, -0.1) is 0 Å². The molecule has 5 heteroatoms. The fourth-order valence-corrected chi connectivity index (χ4v) is 0.895. The summed E-state index contributed by atoms with van der Waals surface area (Å²) < 4.78 is 0. The van der Waals surface area contributed by atoms with E-state index in [2.05, 4.69) is 10.3 Å². The van der Waals surface area contributed by atoms with E-state index in [0.29, 0.717) is 11.5 Å². The van der Waals surface area contributed by atoms with Crippen LogP contribution in [0.15, 0.2) is 18.3 Å². The van der Waals surface area contributed by atoms with Crippen molar-refractivity contribution in [3.05, 3.63) is 18.3 Å². The van der Waals surface area contributed by atoms with Gasteiger partial charge in [0.2, 0.25) is 0 Å². The Morgan fingerprint density at radius 1 is 1.64 bits per heavy atom. The quantitative estimate of drug-likeness (QED) is 0.537. The zero-order valence-corrected chi connectivity index (χ0v) is 8.07. The Kier molecular flexibility index (Phi) is 3.27. The first kappa shape index (κ1) is 10.7. The van der Waals surface area contributed by atoms with Crippen LogP contribution in [0.4, 0.5) is 11.5 Å². The average molecular weight is 197 g/mol. The minimum absolute atomic E-state index is 0.199. The highest BCUT2D eigenvalue weighted by Crippen LogP contribution is 2.14. The van der Waals surface area contributed by atoms with Crippen LogP contribution in [0.1, 0.15) is 6.92 Å². The number of aromatic nitrogens is 1. The number of aliphatic hydroxyl groups excluding tert-OH is 1. The molecule has 0 fully saturated rings. The first-order valence-electron chi connectivity index (χ1n) is 4.33. The molecular formula is C9H15N3O2. The molecule has 0 saturated carbocycles. The molecule has 0 amide bonds. The van der Waals surface area contributed by atoms with Crippen molar-refractivity contribution in [2.75, 3.05) is 24.2 Å². The predicted octanol–water partition coefficient (Wildman–Crippen LogP) is -0.181. The number of anilines is 2. The van der Waals surface area contributed by atoms with Crippen molar-refractivity contribution >= 4 is 11.5 Å². The van der Waals surface area contributed by atoms with E-state index in [1.54, 1.807) is 18.3 Å². The molecule has 14 heavy (non-hydrogen) atoms. The van der Waals surface area contributed by atoms with Crippen molar-refractivity contribution in [1.29, 1.82) is 0 Å². The van der Waals surface area contributed by atoms with Gasteiger partial charge < -0.3 is 21.3 Å². The molecule has 0 aliphatic rings. The summed E-state index contributed by atoms with van der Waals surface area (Å²) in [7, 11) is 0. The zero-order chi connectivity index (χ0) is 10.6. The normalized spacial score (nSPS) is 14.8. The summed E-state index contributed by atoms with van der Waals surface area (Å²) in [6.07, 6.45) is 1.60. The molecule has 0 radical (unpaired) electrons. The van der Waals surface area contributed by atoms with Gasteiger partial charge in [0.25, 0.3) is 0 Å². The van der Waals surface area contributed by atoms with Gasteiger partial charge in [-0.05, 0) is 19.1 Å². The van der Waals surface area contributed by atoms with Crippen LogP contribution >= 0.6 is 0 Å². The van der Waals surface area contributed by atoms with Crippen molar-refractivity contribution in [3.8, 4) is 0 Å². The predicted molar refractivity (Wildman–Crippen MR) is 54.8 cm³/mol. The Morgan fingerprint density at radius 3 is 2.93 bits per heavy atom. The molecule has 1 unspecified atom stereocenters. The van der Waals surface area contributed by atoms with Gasteiger partial charge in [0.05, 0.1) is 12.3 Å². The summed E-state index contributed by atoms with van der Waals surface area (Å²) in [4.78, 5) is 3.99. The Balaban J connectivity index is 2.58. The lowest BCUT2D eigenvalue weighted by molar-refractivity contribution is 0.0132. The van der Waals surface area contributed by atoms with Crippen LogP contribution in [0.25, 0.3) is 0 Å². The number of hydrogen-bond acceptors (Lipinski definition) is 5.